The fourth-order valence-corrected chi connectivity index (χ4v) is 1.66. The minimum absolute atomic E-state index is 0.245. The van der Waals surface area contributed by atoms with Crippen LogP contribution in [0, 0.1) is 5.92 Å². The highest BCUT2D eigenvalue weighted by Gasteiger charge is 2.25. The van der Waals surface area contributed by atoms with Crippen molar-refractivity contribution in [1.29, 1.82) is 0 Å². The third-order valence-electron chi connectivity index (χ3n) is 2.52. The van der Waals surface area contributed by atoms with Crippen LogP contribution in [0.5, 0.6) is 11.5 Å². The summed E-state index contributed by atoms with van der Waals surface area (Å²) in [6.07, 6.45) is 0.502. The summed E-state index contributed by atoms with van der Waals surface area (Å²) in [7, 11) is 1.58. The van der Waals surface area contributed by atoms with Gasteiger partial charge >= 0.3 is 5.97 Å². The molecule has 0 aliphatic carbocycles. The van der Waals surface area contributed by atoms with E-state index in [-0.39, 0.29) is 6.61 Å². The first-order chi connectivity index (χ1) is 7.20. The number of methoxy groups -OCH3 is 1. The van der Waals surface area contributed by atoms with E-state index >= 15 is 0 Å². The smallest absolute Gasteiger partial charge is 0.310 e. The van der Waals surface area contributed by atoms with Crippen LogP contribution < -0.4 is 9.47 Å². The zero-order valence-corrected chi connectivity index (χ0v) is 8.40. The Hall–Kier alpha value is -1.71. The summed E-state index contributed by atoms with van der Waals surface area (Å²) in [4.78, 5) is 10.8. The van der Waals surface area contributed by atoms with Crippen molar-refractivity contribution >= 4 is 5.97 Å². The molecule has 1 atom stereocenters. The maximum atomic E-state index is 10.8. The average Bonchev–Trinajstić information content (AvgIpc) is 2.27. The molecule has 80 valence electrons. The van der Waals surface area contributed by atoms with Gasteiger partial charge in [-0.25, -0.2) is 0 Å². The Bertz CT molecular complexity index is 386. The summed E-state index contributed by atoms with van der Waals surface area (Å²) >= 11 is 0. The van der Waals surface area contributed by atoms with Gasteiger partial charge in [0.15, 0.2) is 0 Å². The van der Waals surface area contributed by atoms with Crippen LogP contribution >= 0.6 is 0 Å². The van der Waals surface area contributed by atoms with Crippen LogP contribution in [-0.2, 0) is 11.2 Å². The van der Waals surface area contributed by atoms with Gasteiger partial charge < -0.3 is 14.6 Å². The molecule has 0 bridgehead atoms. The Balaban J connectivity index is 2.27. The van der Waals surface area contributed by atoms with Crippen molar-refractivity contribution in [2.24, 2.45) is 5.92 Å². The maximum absolute atomic E-state index is 10.8. The normalized spacial score (nSPS) is 18.9. The molecule has 1 aliphatic heterocycles. The molecule has 0 fully saturated rings. The minimum Gasteiger partial charge on any atom is -0.497 e. The highest BCUT2D eigenvalue weighted by atomic mass is 16.5. The number of ether oxygens (including phenoxy) is 2. The number of hydrogen-bond donors (Lipinski definition) is 1. The van der Waals surface area contributed by atoms with Crippen LogP contribution in [0.4, 0.5) is 0 Å². The summed E-state index contributed by atoms with van der Waals surface area (Å²) in [5.74, 6) is 0.213. The van der Waals surface area contributed by atoms with Gasteiger partial charge in [-0.1, -0.05) is 0 Å². The number of rotatable bonds is 2. The summed E-state index contributed by atoms with van der Waals surface area (Å²) in [5.41, 5.74) is 0.896. The first-order valence-corrected chi connectivity index (χ1v) is 4.73. The predicted octanol–water partition coefficient (Wildman–Crippen LogP) is 1.33. The Morgan fingerprint density at radius 1 is 1.60 bits per heavy atom. The van der Waals surface area contributed by atoms with E-state index in [1.807, 2.05) is 12.1 Å². The van der Waals surface area contributed by atoms with Gasteiger partial charge in [0.25, 0.3) is 0 Å². The van der Waals surface area contributed by atoms with Gasteiger partial charge in [-0.05, 0) is 30.2 Å². The molecule has 4 nitrogen and oxygen atoms in total. The molecular weight excluding hydrogens is 196 g/mol. The van der Waals surface area contributed by atoms with Crippen molar-refractivity contribution in [1.82, 2.24) is 0 Å². The number of aliphatic carboxylic acids is 1. The van der Waals surface area contributed by atoms with Crippen LogP contribution in [0.15, 0.2) is 18.2 Å². The lowest BCUT2D eigenvalue weighted by molar-refractivity contribution is -0.143. The van der Waals surface area contributed by atoms with Gasteiger partial charge in [-0.2, -0.15) is 0 Å². The van der Waals surface area contributed by atoms with Crippen LogP contribution in [0.2, 0.25) is 0 Å². The molecule has 1 aromatic rings. The fourth-order valence-electron chi connectivity index (χ4n) is 1.66. The largest absolute Gasteiger partial charge is 0.497 e. The Labute approximate surface area is 87.4 Å². The van der Waals surface area contributed by atoms with Gasteiger partial charge in [0.05, 0.1) is 13.0 Å². The monoisotopic (exact) mass is 208 g/mol. The number of benzene rings is 1. The van der Waals surface area contributed by atoms with Gasteiger partial charge in [-0.15, -0.1) is 0 Å². The highest BCUT2D eigenvalue weighted by Crippen LogP contribution is 2.30. The van der Waals surface area contributed by atoms with Crippen molar-refractivity contribution in [2.75, 3.05) is 13.7 Å². The predicted molar refractivity (Wildman–Crippen MR) is 53.3 cm³/mol. The highest BCUT2D eigenvalue weighted by molar-refractivity contribution is 5.71. The number of carboxylic acids is 1. The second-order valence-electron chi connectivity index (χ2n) is 3.52. The molecule has 1 heterocycles. The molecular formula is C11H12O4. The van der Waals surface area contributed by atoms with E-state index in [1.54, 1.807) is 13.2 Å². The zero-order valence-electron chi connectivity index (χ0n) is 8.40. The summed E-state index contributed by atoms with van der Waals surface area (Å²) < 4.78 is 10.4. The van der Waals surface area contributed by atoms with E-state index in [4.69, 9.17) is 14.6 Å². The van der Waals surface area contributed by atoms with E-state index in [2.05, 4.69) is 0 Å². The SMILES string of the molecule is COc1ccc2c(c1)C[C@H](C(=O)O)CO2. The van der Waals surface area contributed by atoms with Gasteiger partial charge in [0.1, 0.15) is 18.1 Å². The lowest BCUT2D eigenvalue weighted by Crippen LogP contribution is -2.27. The van der Waals surface area contributed by atoms with Crippen molar-refractivity contribution in [3.05, 3.63) is 23.8 Å². The second kappa shape index (κ2) is 3.81. The maximum Gasteiger partial charge on any atom is 0.310 e. The molecule has 0 saturated carbocycles. The molecule has 0 unspecified atom stereocenters. The molecule has 1 aromatic carbocycles. The lowest BCUT2D eigenvalue weighted by Gasteiger charge is -2.22. The quantitative estimate of drug-likeness (QED) is 0.796. The minimum atomic E-state index is -0.816. The van der Waals surface area contributed by atoms with E-state index in [0.29, 0.717) is 6.42 Å². The molecule has 0 amide bonds. The molecule has 0 aromatic heterocycles. The summed E-state index contributed by atoms with van der Waals surface area (Å²) in [5, 5.41) is 8.88. The molecule has 15 heavy (non-hydrogen) atoms. The first-order valence-electron chi connectivity index (χ1n) is 4.73. The molecule has 0 saturated heterocycles. The standard InChI is InChI=1S/C11H12O4/c1-14-9-2-3-10-7(5-9)4-8(6-15-10)11(12)13/h2-3,5,8H,4,6H2,1H3,(H,12,13)/t8-/m0/s1. The third kappa shape index (κ3) is 1.88. The topological polar surface area (TPSA) is 55.8 Å². The van der Waals surface area contributed by atoms with Gasteiger partial charge in [0.2, 0.25) is 0 Å². The second-order valence-corrected chi connectivity index (χ2v) is 3.52. The fraction of sp³-hybridized carbons (Fsp3) is 0.364. The van der Waals surface area contributed by atoms with Crippen LogP contribution in [0.3, 0.4) is 0 Å². The number of carboxylic acid groups (broad SMARTS) is 1. The molecule has 2 rings (SSSR count). The lowest BCUT2D eigenvalue weighted by atomic mass is 9.97. The van der Waals surface area contributed by atoms with Crippen molar-refractivity contribution in [3.8, 4) is 11.5 Å². The number of carbonyl (C=O) groups is 1. The van der Waals surface area contributed by atoms with E-state index < -0.39 is 11.9 Å². The molecule has 4 heteroatoms. The van der Waals surface area contributed by atoms with Crippen molar-refractivity contribution in [3.63, 3.8) is 0 Å². The van der Waals surface area contributed by atoms with Crippen LogP contribution in [-0.4, -0.2) is 24.8 Å². The van der Waals surface area contributed by atoms with Crippen LogP contribution in [0.25, 0.3) is 0 Å². The third-order valence-corrected chi connectivity index (χ3v) is 2.52. The number of hydrogen-bond acceptors (Lipinski definition) is 3. The Kier molecular flexibility index (Phi) is 2.49. The van der Waals surface area contributed by atoms with Crippen LogP contribution in [0.1, 0.15) is 5.56 Å². The average molecular weight is 208 g/mol. The Morgan fingerprint density at radius 3 is 3.07 bits per heavy atom. The summed E-state index contributed by atoms with van der Waals surface area (Å²) in [6, 6.07) is 5.44. The Morgan fingerprint density at radius 2 is 2.40 bits per heavy atom. The van der Waals surface area contributed by atoms with Crippen molar-refractivity contribution in [2.45, 2.75) is 6.42 Å². The number of fused-ring (bicyclic) bond motifs is 1. The van der Waals surface area contributed by atoms with E-state index in [1.165, 1.54) is 0 Å². The first kappa shape index (κ1) is 9.83. The van der Waals surface area contributed by atoms with E-state index in [0.717, 1.165) is 17.1 Å². The van der Waals surface area contributed by atoms with Gasteiger partial charge in [-0.3, -0.25) is 4.79 Å². The summed E-state index contributed by atoms with van der Waals surface area (Å²) in [6.45, 7) is 0.245. The molecule has 1 aliphatic rings. The van der Waals surface area contributed by atoms with Gasteiger partial charge in [0, 0.05) is 0 Å². The van der Waals surface area contributed by atoms with Crippen molar-refractivity contribution < 1.29 is 19.4 Å². The zero-order chi connectivity index (χ0) is 10.8. The molecule has 1 N–H and O–H groups in total. The molecule has 0 spiro atoms. The molecule has 0 radical (unpaired) electrons. The van der Waals surface area contributed by atoms with E-state index in [9.17, 15) is 4.79 Å².